The zero-order chi connectivity index (χ0) is 21.8. The molecule has 0 saturated carbocycles. The van der Waals surface area contributed by atoms with Gasteiger partial charge in [-0.1, -0.05) is 25.1 Å². The van der Waals surface area contributed by atoms with E-state index >= 15 is 0 Å². The first-order chi connectivity index (χ1) is 14.4. The van der Waals surface area contributed by atoms with Gasteiger partial charge in [0.25, 0.3) is 5.91 Å². The molecule has 1 N–H and O–H groups in total. The summed E-state index contributed by atoms with van der Waals surface area (Å²) in [7, 11) is 1.52. The number of aliphatic hydroxyl groups is 1. The molecule has 1 amide bonds. The van der Waals surface area contributed by atoms with Crippen LogP contribution >= 0.6 is 0 Å². The number of ketones is 1. The van der Waals surface area contributed by atoms with Crippen LogP contribution in [0, 0.1) is 0 Å². The van der Waals surface area contributed by atoms with Crippen LogP contribution in [0.4, 0.5) is 5.69 Å². The number of anilines is 1. The fourth-order valence-corrected chi connectivity index (χ4v) is 3.47. The summed E-state index contributed by atoms with van der Waals surface area (Å²) in [4.78, 5) is 39.1. The molecule has 0 radical (unpaired) electrons. The summed E-state index contributed by atoms with van der Waals surface area (Å²) >= 11 is 0. The summed E-state index contributed by atoms with van der Waals surface area (Å²) in [5.74, 6) is -1.60. The lowest BCUT2D eigenvalue weighted by molar-refractivity contribution is -0.118. The molecule has 2 aromatic carbocycles. The molecule has 0 fully saturated rings. The van der Waals surface area contributed by atoms with Crippen molar-refractivity contribution in [3.8, 4) is 5.75 Å². The molecule has 0 saturated heterocycles. The number of nitrogens with zero attached hydrogens (tertiary/aromatic N) is 1. The number of benzene rings is 2. The fraction of sp³-hybridized carbons (Fsp3) is 0.261. The van der Waals surface area contributed by atoms with Crippen LogP contribution in [0.2, 0.25) is 0 Å². The lowest BCUT2D eigenvalue weighted by atomic mass is 9.94. The third kappa shape index (κ3) is 3.78. The maximum atomic E-state index is 13.0. The number of carbonyl (C=O) groups excluding carboxylic acids is 3. The van der Waals surface area contributed by atoms with E-state index in [1.165, 1.54) is 18.1 Å². The maximum Gasteiger partial charge on any atom is 0.338 e. The van der Waals surface area contributed by atoms with E-state index < -0.39 is 23.7 Å². The normalized spacial score (nSPS) is 16.0. The number of Topliss-reactive ketones (excluding diaryl/α,β-unsaturated/α-hetero) is 1. The van der Waals surface area contributed by atoms with Gasteiger partial charge < -0.3 is 14.6 Å². The van der Waals surface area contributed by atoms with Crippen LogP contribution in [0.1, 0.15) is 42.2 Å². The van der Waals surface area contributed by atoms with Gasteiger partial charge in [0.2, 0.25) is 0 Å². The highest BCUT2D eigenvalue weighted by Crippen LogP contribution is 2.42. The minimum atomic E-state index is -0.850. The fourth-order valence-electron chi connectivity index (χ4n) is 3.47. The molecule has 0 aromatic heterocycles. The molecule has 1 unspecified atom stereocenters. The second-order valence-corrected chi connectivity index (χ2v) is 6.66. The first kappa shape index (κ1) is 21.1. The van der Waals surface area contributed by atoms with Crippen molar-refractivity contribution in [2.45, 2.75) is 26.3 Å². The Morgan fingerprint density at radius 2 is 1.83 bits per heavy atom. The molecule has 7 nitrogen and oxygen atoms in total. The largest absolute Gasteiger partial charge is 0.503 e. The van der Waals surface area contributed by atoms with Gasteiger partial charge in [-0.2, -0.15) is 0 Å². The highest BCUT2D eigenvalue weighted by molar-refractivity contribution is 6.16. The first-order valence-corrected chi connectivity index (χ1v) is 9.63. The first-order valence-electron chi connectivity index (χ1n) is 9.63. The number of esters is 1. The lowest BCUT2D eigenvalue weighted by Gasteiger charge is -2.27. The molecule has 0 bridgehead atoms. The van der Waals surface area contributed by atoms with Crippen LogP contribution in [0.3, 0.4) is 0 Å². The summed E-state index contributed by atoms with van der Waals surface area (Å²) in [6.07, 6.45) is 0.129. The summed E-state index contributed by atoms with van der Waals surface area (Å²) in [5.41, 5.74) is 1.26. The van der Waals surface area contributed by atoms with E-state index in [0.29, 0.717) is 17.0 Å². The van der Waals surface area contributed by atoms with Gasteiger partial charge in [-0.3, -0.25) is 14.5 Å². The number of methoxy groups -OCH3 is 1. The number of ether oxygens (including phenoxy) is 2. The number of amides is 1. The second kappa shape index (κ2) is 8.82. The topological polar surface area (TPSA) is 93.1 Å². The van der Waals surface area contributed by atoms with Crippen LogP contribution in [-0.4, -0.2) is 36.5 Å². The molecule has 7 heteroatoms. The van der Waals surface area contributed by atoms with Crippen LogP contribution in [0.15, 0.2) is 59.9 Å². The van der Waals surface area contributed by atoms with Crippen LogP contribution < -0.4 is 9.64 Å². The Bertz CT molecular complexity index is 1030. The number of aliphatic hydroxyl groups excluding tert-OH is 1. The predicted molar refractivity (Wildman–Crippen MR) is 111 cm³/mol. The Kier molecular flexibility index (Phi) is 6.20. The molecule has 3 rings (SSSR count). The van der Waals surface area contributed by atoms with Crippen molar-refractivity contribution in [1.82, 2.24) is 0 Å². The SMILES string of the molecule is CCOC(=O)c1cccc(N2C(=O)C(O)=C(C(=O)CC)C2c2cccc(OC)c2)c1. The molecule has 0 aliphatic carbocycles. The minimum Gasteiger partial charge on any atom is -0.503 e. The van der Waals surface area contributed by atoms with E-state index in [1.807, 2.05) is 0 Å². The molecular weight excluding hydrogens is 386 g/mol. The van der Waals surface area contributed by atoms with E-state index in [1.54, 1.807) is 56.3 Å². The third-order valence-electron chi connectivity index (χ3n) is 4.87. The molecule has 30 heavy (non-hydrogen) atoms. The van der Waals surface area contributed by atoms with Gasteiger partial charge in [0.1, 0.15) is 5.75 Å². The van der Waals surface area contributed by atoms with Gasteiger partial charge >= 0.3 is 5.97 Å². The van der Waals surface area contributed by atoms with Crippen LogP contribution in [-0.2, 0) is 14.3 Å². The standard InChI is InChI=1S/C23H23NO6/c1-4-18(25)19-20(14-8-7-11-17(13-14)29-3)24(22(27)21(19)26)16-10-6-9-15(12-16)23(28)30-5-2/h6-13,20,26H,4-5H2,1-3H3. The van der Waals surface area contributed by atoms with Gasteiger partial charge in [0, 0.05) is 12.1 Å². The van der Waals surface area contributed by atoms with E-state index in [4.69, 9.17) is 9.47 Å². The number of hydrogen-bond donors (Lipinski definition) is 1. The minimum absolute atomic E-state index is 0.0253. The summed E-state index contributed by atoms with van der Waals surface area (Å²) in [5, 5.41) is 10.6. The zero-order valence-corrected chi connectivity index (χ0v) is 17.0. The van der Waals surface area contributed by atoms with Gasteiger partial charge in [-0.15, -0.1) is 0 Å². The molecular formula is C23H23NO6. The van der Waals surface area contributed by atoms with Crippen molar-refractivity contribution >= 4 is 23.3 Å². The number of carbonyl (C=O) groups is 3. The molecule has 0 spiro atoms. The highest BCUT2D eigenvalue weighted by Gasteiger charge is 2.44. The van der Waals surface area contributed by atoms with Gasteiger partial charge in [0.15, 0.2) is 11.5 Å². The van der Waals surface area contributed by atoms with Crippen molar-refractivity contribution in [1.29, 1.82) is 0 Å². The average molecular weight is 409 g/mol. The predicted octanol–water partition coefficient (Wildman–Crippen LogP) is 3.75. The quantitative estimate of drug-likeness (QED) is 0.700. The Morgan fingerprint density at radius 3 is 2.50 bits per heavy atom. The van der Waals surface area contributed by atoms with Gasteiger partial charge in [-0.05, 0) is 42.8 Å². The Balaban J connectivity index is 2.15. The van der Waals surface area contributed by atoms with Crippen LogP contribution in [0.5, 0.6) is 5.75 Å². The van der Waals surface area contributed by atoms with Crippen LogP contribution in [0.25, 0.3) is 0 Å². The van der Waals surface area contributed by atoms with Crippen molar-refractivity contribution in [3.63, 3.8) is 0 Å². The summed E-state index contributed by atoms with van der Waals surface area (Å²) in [6, 6.07) is 12.5. The summed E-state index contributed by atoms with van der Waals surface area (Å²) in [6.45, 7) is 3.59. The Hall–Kier alpha value is -3.61. The van der Waals surface area contributed by atoms with E-state index in [9.17, 15) is 19.5 Å². The monoisotopic (exact) mass is 409 g/mol. The van der Waals surface area contributed by atoms with Crippen molar-refractivity contribution < 1.29 is 29.0 Å². The highest BCUT2D eigenvalue weighted by atomic mass is 16.5. The zero-order valence-electron chi connectivity index (χ0n) is 17.0. The molecule has 156 valence electrons. The Labute approximate surface area is 174 Å². The maximum absolute atomic E-state index is 13.0. The second-order valence-electron chi connectivity index (χ2n) is 6.66. The lowest BCUT2D eigenvalue weighted by Crippen LogP contribution is -2.31. The van der Waals surface area contributed by atoms with E-state index in [0.717, 1.165) is 0 Å². The smallest absolute Gasteiger partial charge is 0.338 e. The average Bonchev–Trinajstić information content (AvgIpc) is 3.04. The van der Waals surface area contributed by atoms with Crippen molar-refractivity contribution in [2.24, 2.45) is 0 Å². The number of hydrogen-bond acceptors (Lipinski definition) is 6. The summed E-state index contributed by atoms with van der Waals surface area (Å²) < 4.78 is 10.3. The molecule has 1 aliphatic rings. The third-order valence-corrected chi connectivity index (χ3v) is 4.87. The number of rotatable bonds is 7. The molecule has 2 aromatic rings. The molecule has 1 heterocycles. The van der Waals surface area contributed by atoms with Gasteiger partial charge in [0.05, 0.1) is 30.9 Å². The van der Waals surface area contributed by atoms with Gasteiger partial charge in [-0.25, -0.2) is 4.79 Å². The van der Waals surface area contributed by atoms with Crippen molar-refractivity contribution in [3.05, 3.63) is 71.0 Å². The van der Waals surface area contributed by atoms with Crippen molar-refractivity contribution in [2.75, 3.05) is 18.6 Å². The Morgan fingerprint density at radius 1 is 1.10 bits per heavy atom. The van der Waals surface area contributed by atoms with E-state index in [-0.39, 0.29) is 29.9 Å². The molecule has 1 aliphatic heterocycles. The molecule has 1 atom stereocenters. The van der Waals surface area contributed by atoms with E-state index in [2.05, 4.69) is 0 Å².